The number of ether oxygens (including phenoxy) is 1. The minimum Gasteiger partial charge on any atom is -0.466 e. The van der Waals surface area contributed by atoms with Gasteiger partial charge in [-0.1, -0.05) is 18.6 Å². The number of unbranched alkanes of at least 4 members (excludes halogenated alkanes) is 1. The van der Waals surface area contributed by atoms with Crippen LogP contribution in [-0.4, -0.2) is 12.6 Å². The summed E-state index contributed by atoms with van der Waals surface area (Å²) in [5, 5.41) is 0. The molecule has 0 saturated carbocycles. The van der Waals surface area contributed by atoms with Crippen molar-refractivity contribution in [1.82, 2.24) is 0 Å². The van der Waals surface area contributed by atoms with Gasteiger partial charge in [-0.05, 0) is 26.2 Å². The molecule has 0 radical (unpaired) electrons. The monoisotopic (exact) mass is 170 g/mol. The molecule has 12 heavy (non-hydrogen) atoms. The fourth-order valence-corrected chi connectivity index (χ4v) is 0.792. The summed E-state index contributed by atoms with van der Waals surface area (Å²) in [5.41, 5.74) is 1.40. The predicted octanol–water partition coefficient (Wildman–Crippen LogP) is 2.69. The summed E-state index contributed by atoms with van der Waals surface area (Å²) in [6, 6.07) is 0. The molecule has 0 aliphatic rings. The van der Waals surface area contributed by atoms with E-state index in [0.29, 0.717) is 6.61 Å². The van der Waals surface area contributed by atoms with Crippen molar-refractivity contribution in [2.45, 2.75) is 40.0 Å². The van der Waals surface area contributed by atoms with Gasteiger partial charge in [0.1, 0.15) is 0 Å². The van der Waals surface area contributed by atoms with Crippen LogP contribution in [-0.2, 0) is 9.53 Å². The fourth-order valence-electron chi connectivity index (χ4n) is 0.792. The van der Waals surface area contributed by atoms with Crippen LogP contribution in [0.15, 0.2) is 11.6 Å². The molecule has 2 nitrogen and oxygen atoms in total. The van der Waals surface area contributed by atoms with E-state index < -0.39 is 0 Å². The normalized spacial score (nSPS) is 11.4. The topological polar surface area (TPSA) is 26.3 Å². The zero-order chi connectivity index (χ0) is 9.40. The van der Waals surface area contributed by atoms with Crippen molar-refractivity contribution in [2.75, 3.05) is 6.61 Å². The minimum absolute atomic E-state index is 0.189. The Morgan fingerprint density at radius 3 is 2.58 bits per heavy atom. The van der Waals surface area contributed by atoms with Crippen LogP contribution < -0.4 is 0 Å². The predicted molar refractivity (Wildman–Crippen MR) is 49.9 cm³/mol. The average molecular weight is 170 g/mol. The summed E-state index contributed by atoms with van der Waals surface area (Å²) in [4.78, 5) is 10.4. The molecule has 0 unspecified atom stereocenters. The molecule has 0 fully saturated rings. The summed E-state index contributed by atoms with van der Waals surface area (Å²) in [6.45, 7) is 6.24. The Morgan fingerprint density at radius 1 is 1.42 bits per heavy atom. The molecular weight excluding hydrogens is 152 g/mol. The summed E-state index contributed by atoms with van der Waals surface area (Å²) < 4.78 is 4.79. The van der Waals surface area contributed by atoms with Gasteiger partial charge in [0, 0.05) is 6.92 Å². The Balaban J connectivity index is 3.27. The van der Waals surface area contributed by atoms with Gasteiger partial charge in [0.2, 0.25) is 0 Å². The standard InChI is InChI=1S/C10H18O2/c1-4-9(2)7-5-6-8-12-10(3)11/h7H,4-6,8H2,1-3H3/b9-7+. The second-order valence-corrected chi connectivity index (χ2v) is 2.89. The Bertz CT molecular complexity index is 159. The van der Waals surface area contributed by atoms with E-state index in [-0.39, 0.29) is 5.97 Å². The molecule has 0 heterocycles. The average Bonchev–Trinajstić information content (AvgIpc) is 2.03. The van der Waals surface area contributed by atoms with Gasteiger partial charge in [0.25, 0.3) is 0 Å². The highest BCUT2D eigenvalue weighted by atomic mass is 16.5. The second-order valence-electron chi connectivity index (χ2n) is 2.89. The summed E-state index contributed by atoms with van der Waals surface area (Å²) >= 11 is 0. The third kappa shape index (κ3) is 7.32. The SMILES string of the molecule is CC/C(C)=C/CCCOC(C)=O. The van der Waals surface area contributed by atoms with Gasteiger partial charge in [-0.2, -0.15) is 0 Å². The van der Waals surface area contributed by atoms with Crippen LogP contribution in [0.1, 0.15) is 40.0 Å². The van der Waals surface area contributed by atoms with E-state index in [0.717, 1.165) is 19.3 Å². The second kappa shape index (κ2) is 6.89. The van der Waals surface area contributed by atoms with Gasteiger partial charge in [-0.3, -0.25) is 4.79 Å². The van der Waals surface area contributed by atoms with Crippen LogP contribution in [0.25, 0.3) is 0 Å². The first-order valence-electron chi connectivity index (χ1n) is 4.45. The largest absolute Gasteiger partial charge is 0.466 e. The molecule has 0 rings (SSSR count). The molecule has 0 saturated heterocycles. The van der Waals surface area contributed by atoms with Gasteiger partial charge in [0.05, 0.1) is 6.61 Å². The van der Waals surface area contributed by atoms with Crippen LogP contribution in [0.5, 0.6) is 0 Å². The quantitative estimate of drug-likeness (QED) is 0.360. The Morgan fingerprint density at radius 2 is 2.08 bits per heavy atom. The lowest BCUT2D eigenvalue weighted by Gasteiger charge is -1.99. The lowest BCUT2D eigenvalue weighted by Crippen LogP contribution is -1.99. The van der Waals surface area contributed by atoms with Gasteiger partial charge in [-0.25, -0.2) is 0 Å². The van der Waals surface area contributed by atoms with Crippen LogP contribution in [0, 0.1) is 0 Å². The van der Waals surface area contributed by atoms with Crippen molar-refractivity contribution >= 4 is 5.97 Å². The van der Waals surface area contributed by atoms with Crippen molar-refractivity contribution in [3.8, 4) is 0 Å². The molecule has 0 spiro atoms. The number of carbonyl (C=O) groups excluding carboxylic acids is 1. The van der Waals surface area contributed by atoms with E-state index in [1.165, 1.54) is 12.5 Å². The number of allylic oxidation sites excluding steroid dienone is 2. The minimum atomic E-state index is -0.189. The molecule has 0 aliphatic heterocycles. The first-order chi connectivity index (χ1) is 5.66. The number of rotatable bonds is 5. The maximum atomic E-state index is 10.4. The third-order valence-electron chi connectivity index (χ3n) is 1.70. The highest BCUT2D eigenvalue weighted by molar-refractivity contribution is 5.65. The Hall–Kier alpha value is -0.790. The van der Waals surface area contributed by atoms with E-state index in [4.69, 9.17) is 4.74 Å². The molecule has 2 heteroatoms. The fraction of sp³-hybridized carbons (Fsp3) is 0.700. The smallest absolute Gasteiger partial charge is 0.302 e. The van der Waals surface area contributed by atoms with Crippen molar-refractivity contribution < 1.29 is 9.53 Å². The zero-order valence-corrected chi connectivity index (χ0v) is 8.22. The van der Waals surface area contributed by atoms with Gasteiger partial charge < -0.3 is 4.74 Å². The summed E-state index contributed by atoms with van der Waals surface area (Å²) in [7, 11) is 0. The van der Waals surface area contributed by atoms with Gasteiger partial charge in [-0.15, -0.1) is 0 Å². The molecule has 0 atom stereocenters. The lowest BCUT2D eigenvalue weighted by atomic mass is 10.2. The van der Waals surface area contributed by atoms with Crippen LogP contribution in [0.3, 0.4) is 0 Å². The lowest BCUT2D eigenvalue weighted by molar-refractivity contribution is -0.141. The highest BCUT2D eigenvalue weighted by Gasteiger charge is 1.91. The molecule has 0 aliphatic carbocycles. The number of carbonyl (C=O) groups is 1. The molecule has 0 N–H and O–H groups in total. The van der Waals surface area contributed by atoms with Crippen molar-refractivity contribution in [1.29, 1.82) is 0 Å². The summed E-state index contributed by atoms with van der Waals surface area (Å²) in [5.74, 6) is -0.189. The van der Waals surface area contributed by atoms with Gasteiger partial charge in [0.15, 0.2) is 0 Å². The van der Waals surface area contributed by atoms with Crippen LogP contribution in [0.4, 0.5) is 0 Å². The molecule has 0 aromatic carbocycles. The third-order valence-corrected chi connectivity index (χ3v) is 1.70. The highest BCUT2D eigenvalue weighted by Crippen LogP contribution is 2.01. The van der Waals surface area contributed by atoms with E-state index in [1.807, 2.05) is 0 Å². The van der Waals surface area contributed by atoms with E-state index in [2.05, 4.69) is 19.9 Å². The molecule has 0 aromatic heterocycles. The Kier molecular flexibility index (Phi) is 6.44. The van der Waals surface area contributed by atoms with Crippen LogP contribution in [0.2, 0.25) is 0 Å². The Labute approximate surface area is 74.6 Å². The number of hydrogen-bond donors (Lipinski definition) is 0. The molecule has 0 bridgehead atoms. The van der Waals surface area contributed by atoms with Crippen molar-refractivity contribution in [2.24, 2.45) is 0 Å². The summed E-state index contributed by atoms with van der Waals surface area (Å²) in [6.07, 6.45) is 5.24. The molecular formula is C10H18O2. The van der Waals surface area contributed by atoms with Gasteiger partial charge >= 0.3 is 5.97 Å². The van der Waals surface area contributed by atoms with E-state index in [9.17, 15) is 4.79 Å². The number of hydrogen-bond acceptors (Lipinski definition) is 2. The molecule has 70 valence electrons. The first kappa shape index (κ1) is 11.2. The molecule has 0 amide bonds. The maximum absolute atomic E-state index is 10.4. The number of esters is 1. The molecule has 0 aromatic rings. The van der Waals surface area contributed by atoms with Crippen molar-refractivity contribution in [3.63, 3.8) is 0 Å². The van der Waals surface area contributed by atoms with Crippen LogP contribution >= 0.6 is 0 Å². The maximum Gasteiger partial charge on any atom is 0.302 e. The van der Waals surface area contributed by atoms with E-state index in [1.54, 1.807) is 0 Å². The van der Waals surface area contributed by atoms with E-state index >= 15 is 0 Å². The van der Waals surface area contributed by atoms with Crippen molar-refractivity contribution in [3.05, 3.63) is 11.6 Å². The zero-order valence-electron chi connectivity index (χ0n) is 8.22. The first-order valence-corrected chi connectivity index (χ1v) is 4.45.